The van der Waals surface area contributed by atoms with Crippen molar-refractivity contribution in [3.63, 3.8) is 0 Å². The number of nitrogens with zero attached hydrogens (tertiary/aromatic N) is 7. The van der Waals surface area contributed by atoms with E-state index in [1.54, 1.807) is 11.0 Å². The van der Waals surface area contributed by atoms with E-state index in [2.05, 4.69) is 49.4 Å². The maximum Gasteiger partial charge on any atom is 0.223 e. The molecule has 0 N–H and O–H groups in total. The minimum absolute atomic E-state index is 0.0454. The van der Waals surface area contributed by atoms with Gasteiger partial charge in [0.1, 0.15) is 6.33 Å². The van der Waals surface area contributed by atoms with E-state index in [1.807, 2.05) is 48.3 Å². The summed E-state index contributed by atoms with van der Waals surface area (Å²) >= 11 is 0. The topological polar surface area (TPSA) is 80.0 Å². The van der Waals surface area contributed by atoms with Crippen molar-refractivity contribution in [1.29, 1.82) is 0 Å². The second kappa shape index (κ2) is 8.74. The monoisotopic (exact) mass is 427 g/mol. The quantitative estimate of drug-likeness (QED) is 0.487. The van der Waals surface area contributed by atoms with Gasteiger partial charge in [0.2, 0.25) is 5.91 Å². The molecule has 2 aromatic heterocycles. The molecule has 0 saturated carbocycles. The van der Waals surface area contributed by atoms with E-state index >= 15 is 0 Å². The fourth-order valence-electron chi connectivity index (χ4n) is 4.34. The highest BCUT2D eigenvalue weighted by molar-refractivity contribution is 5.83. The van der Waals surface area contributed by atoms with E-state index in [1.165, 1.54) is 0 Å². The Kier molecular flexibility index (Phi) is 5.49. The Morgan fingerprint density at radius 3 is 2.16 bits per heavy atom. The number of aryl methyl sites for hydroxylation is 1. The molecule has 4 aromatic rings. The van der Waals surface area contributed by atoms with Crippen molar-refractivity contribution < 1.29 is 4.79 Å². The summed E-state index contributed by atoms with van der Waals surface area (Å²) in [6.07, 6.45) is 2.00. The van der Waals surface area contributed by atoms with Crippen LogP contribution in [0.1, 0.15) is 23.5 Å². The predicted molar refractivity (Wildman–Crippen MR) is 122 cm³/mol. The first-order chi connectivity index (χ1) is 15.7. The van der Waals surface area contributed by atoms with E-state index in [4.69, 9.17) is 0 Å². The van der Waals surface area contributed by atoms with Gasteiger partial charge in [-0.15, -0.1) is 5.10 Å². The van der Waals surface area contributed by atoms with Crippen molar-refractivity contribution in [2.75, 3.05) is 31.1 Å². The number of rotatable bonds is 5. The van der Waals surface area contributed by atoms with Crippen LogP contribution in [0.4, 0.5) is 5.82 Å². The molecule has 8 heteroatoms. The van der Waals surface area contributed by atoms with E-state index in [0.717, 1.165) is 16.9 Å². The van der Waals surface area contributed by atoms with Gasteiger partial charge in [-0.25, -0.2) is 14.6 Å². The molecule has 1 aliphatic rings. The van der Waals surface area contributed by atoms with Crippen LogP contribution in [0.2, 0.25) is 0 Å². The number of benzene rings is 2. The molecule has 3 heterocycles. The van der Waals surface area contributed by atoms with Gasteiger partial charge in [0.15, 0.2) is 17.0 Å². The van der Waals surface area contributed by atoms with Crippen molar-refractivity contribution in [2.45, 2.75) is 12.3 Å². The molecule has 0 radical (unpaired) electrons. The average molecular weight is 428 g/mol. The molecule has 8 nitrogen and oxygen atoms in total. The van der Waals surface area contributed by atoms with E-state index < -0.39 is 0 Å². The van der Waals surface area contributed by atoms with Crippen molar-refractivity contribution in [1.82, 2.24) is 29.9 Å². The van der Waals surface area contributed by atoms with Crippen molar-refractivity contribution >= 4 is 22.9 Å². The van der Waals surface area contributed by atoms with Gasteiger partial charge in [-0.1, -0.05) is 65.9 Å². The third-order valence-corrected chi connectivity index (χ3v) is 6.08. The number of fused-ring (bicyclic) bond motifs is 1. The van der Waals surface area contributed by atoms with Gasteiger partial charge in [0.25, 0.3) is 0 Å². The third kappa shape index (κ3) is 3.91. The average Bonchev–Trinajstić information content (AvgIpc) is 3.24. The van der Waals surface area contributed by atoms with Crippen molar-refractivity contribution in [2.24, 2.45) is 7.05 Å². The second-order valence-corrected chi connectivity index (χ2v) is 8.03. The van der Waals surface area contributed by atoms with E-state index in [9.17, 15) is 4.79 Å². The van der Waals surface area contributed by atoms with Crippen LogP contribution >= 0.6 is 0 Å². The largest absolute Gasteiger partial charge is 0.351 e. The molecule has 1 aliphatic heterocycles. The smallest absolute Gasteiger partial charge is 0.223 e. The standard InChI is InChI=1S/C24H25N7O/c1-29-23-22(27-28-29)24(26-17-25-23)31-14-12-30(13-15-31)21(32)16-20(18-8-4-2-5-9-18)19-10-6-3-7-11-19/h2-11,17,20H,12-16H2,1H3. The van der Waals surface area contributed by atoms with Gasteiger partial charge in [-0.2, -0.15) is 0 Å². The zero-order valence-corrected chi connectivity index (χ0v) is 18.0. The number of hydrogen-bond acceptors (Lipinski definition) is 6. The number of amides is 1. The lowest BCUT2D eigenvalue weighted by molar-refractivity contribution is -0.131. The Hall–Kier alpha value is -3.81. The Morgan fingerprint density at radius 2 is 1.53 bits per heavy atom. The zero-order valence-electron chi connectivity index (χ0n) is 18.0. The first-order valence-corrected chi connectivity index (χ1v) is 10.8. The van der Waals surface area contributed by atoms with Crippen LogP contribution in [0.25, 0.3) is 11.2 Å². The minimum Gasteiger partial charge on any atom is -0.351 e. The lowest BCUT2D eigenvalue weighted by Gasteiger charge is -2.36. The van der Waals surface area contributed by atoms with Crippen LogP contribution in [0, 0.1) is 0 Å². The summed E-state index contributed by atoms with van der Waals surface area (Å²) in [7, 11) is 1.82. The van der Waals surface area contributed by atoms with Gasteiger partial charge in [0, 0.05) is 45.6 Å². The summed E-state index contributed by atoms with van der Waals surface area (Å²) < 4.78 is 1.65. The van der Waals surface area contributed by atoms with E-state index in [0.29, 0.717) is 43.8 Å². The van der Waals surface area contributed by atoms with Gasteiger partial charge in [-0.3, -0.25) is 4.79 Å². The molecule has 5 rings (SSSR count). The summed E-state index contributed by atoms with van der Waals surface area (Å²) in [5.74, 6) is 1.00. The summed E-state index contributed by atoms with van der Waals surface area (Å²) in [5.41, 5.74) is 3.73. The fraction of sp³-hybridized carbons (Fsp3) is 0.292. The molecule has 0 atom stereocenters. The predicted octanol–water partition coefficient (Wildman–Crippen LogP) is 2.63. The van der Waals surface area contributed by atoms with E-state index in [-0.39, 0.29) is 11.8 Å². The maximum absolute atomic E-state index is 13.3. The van der Waals surface area contributed by atoms with Gasteiger partial charge < -0.3 is 9.80 Å². The first kappa shape index (κ1) is 20.1. The molecule has 0 aliphatic carbocycles. The molecule has 32 heavy (non-hydrogen) atoms. The molecular formula is C24H25N7O. The van der Waals surface area contributed by atoms with Gasteiger partial charge >= 0.3 is 0 Å². The maximum atomic E-state index is 13.3. The number of carbonyl (C=O) groups is 1. The lowest BCUT2D eigenvalue weighted by atomic mass is 9.88. The minimum atomic E-state index is 0.0454. The molecule has 1 amide bonds. The van der Waals surface area contributed by atoms with Crippen LogP contribution in [-0.4, -0.2) is 61.9 Å². The summed E-state index contributed by atoms with van der Waals surface area (Å²) in [5, 5.41) is 8.28. The SMILES string of the molecule is Cn1nnc2c(N3CCN(C(=O)CC(c4ccccc4)c4ccccc4)CC3)ncnc21. The van der Waals surface area contributed by atoms with Crippen molar-refractivity contribution in [3.05, 3.63) is 78.1 Å². The van der Waals surface area contributed by atoms with Crippen LogP contribution in [0.5, 0.6) is 0 Å². The highest BCUT2D eigenvalue weighted by Crippen LogP contribution is 2.29. The Bertz CT molecular complexity index is 1160. The summed E-state index contributed by atoms with van der Waals surface area (Å²) in [6.45, 7) is 2.72. The molecule has 162 valence electrons. The first-order valence-electron chi connectivity index (χ1n) is 10.8. The Balaban J connectivity index is 1.29. The molecule has 0 unspecified atom stereocenters. The number of aromatic nitrogens is 5. The third-order valence-electron chi connectivity index (χ3n) is 6.08. The number of hydrogen-bond donors (Lipinski definition) is 0. The Labute approximate surface area is 186 Å². The molecule has 1 fully saturated rings. The fourth-order valence-corrected chi connectivity index (χ4v) is 4.34. The zero-order chi connectivity index (χ0) is 21.9. The second-order valence-electron chi connectivity index (χ2n) is 8.03. The summed E-state index contributed by atoms with van der Waals surface area (Å²) in [4.78, 5) is 26.1. The molecule has 1 saturated heterocycles. The molecule has 2 aromatic carbocycles. The van der Waals surface area contributed by atoms with Crippen LogP contribution in [0.3, 0.4) is 0 Å². The lowest BCUT2D eigenvalue weighted by Crippen LogP contribution is -2.49. The van der Waals surface area contributed by atoms with Crippen LogP contribution in [0.15, 0.2) is 67.0 Å². The molecular weight excluding hydrogens is 402 g/mol. The normalized spacial score (nSPS) is 14.3. The van der Waals surface area contributed by atoms with Crippen LogP contribution < -0.4 is 4.90 Å². The molecule has 0 bridgehead atoms. The van der Waals surface area contributed by atoms with Crippen LogP contribution in [-0.2, 0) is 11.8 Å². The number of piperazine rings is 1. The number of carbonyl (C=O) groups excluding carboxylic acids is 1. The molecule has 0 spiro atoms. The van der Waals surface area contributed by atoms with Crippen molar-refractivity contribution in [3.8, 4) is 0 Å². The van der Waals surface area contributed by atoms with Gasteiger partial charge in [0.05, 0.1) is 0 Å². The highest BCUT2D eigenvalue weighted by Gasteiger charge is 2.27. The van der Waals surface area contributed by atoms with Gasteiger partial charge in [-0.05, 0) is 11.1 Å². The Morgan fingerprint density at radius 1 is 0.906 bits per heavy atom. The highest BCUT2D eigenvalue weighted by atomic mass is 16.2. The number of anilines is 1. The summed E-state index contributed by atoms with van der Waals surface area (Å²) in [6, 6.07) is 20.5.